The Balaban J connectivity index is 2.58. The van der Waals surface area contributed by atoms with Crippen molar-refractivity contribution in [3.8, 4) is 22.8 Å². The van der Waals surface area contributed by atoms with Gasteiger partial charge in [-0.1, -0.05) is 16.8 Å². The molecule has 1 aromatic carbocycles. The minimum absolute atomic E-state index is 0.107. The second kappa shape index (κ2) is 6.05. The lowest BCUT2D eigenvalue weighted by atomic mass is 10.1. The minimum atomic E-state index is -1.20. The van der Waals surface area contributed by atoms with Crippen molar-refractivity contribution in [1.82, 2.24) is 5.16 Å². The Morgan fingerprint density at radius 1 is 1.38 bits per heavy atom. The molecule has 0 saturated heterocycles. The number of aromatic carboxylic acids is 1. The number of methoxy groups -OCH3 is 1. The van der Waals surface area contributed by atoms with Gasteiger partial charge in [0, 0.05) is 17.2 Å². The van der Waals surface area contributed by atoms with Crippen molar-refractivity contribution < 1.29 is 23.9 Å². The smallest absolute Gasteiger partial charge is 0.374 e. The molecule has 0 bridgehead atoms. The molecule has 1 N–H and O–H groups in total. The van der Waals surface area contributed by atoms with Gasteiger partial charge in [0.2, 0.25) is 5.76 Å². The predicted octanol–water partition coefficient (Wildman–Crippen LogP) is 3.49. The first kappa shape index (κ1) is 15.2. The van der Waals surface area contributed by atoms with E-state index in [2.05, 4.69) is 5.16 Å². The van der Waals surface area contributed by atoms with Gasteiger partial charge in [-0.3, -0.25) is 0 Å². The maximum atomic E-state index is 10.9. The van der Waals surface area contributed by atoms with Crippen LogP contribution in [0.2, 0.25) is 5.02 Å². The minimum Gasteiger partial charge on any atom is -0.493 e. The molecule has 2 aromatic rings. The Hall–Kier alpha value is -2.21. The number of nitrogens with zero attached hydrogens (tertiary/aromatic N) is 1. The van der Waals surface area contributed by atoms with E-state index in [-0.39, 0.29) is 11.9 Å². The molecule has 21 heavy (non-hydrogen) atoms. The summed E-state index contributed by atoms with van der Waals surface area (Å²) in [6.45, 7) is 3.73. The summed E-state index contributed by atoms with van der Waals surface area (Å²) in [6.07, 6.45) is -0.107. The van der Waals surface area contributed by atoms with Gasteiger partial charge in [0.1, 0.15) is 5.69 Å². The van der Waals surface area contributed by atoms with Crippen molar-refractivity contribution in [3.63, 3.8) is 0 Å². The highest BCUT2D eigenvalue weighted by Gasteiger charge is 2.20. The monoisotopic (exact) mass is 311 g/mol. The number of rotatable bonds is 5. The van der Waals surface area contributed by atoms with Gasteiger partial charge in [0.15, 0.2) is 11.5 Å². The molecule has 0 amide bonds. The zero-order valence-electron chi connectivity index (χ0n) is 11.7. The topological polar surface area (TPSA) is 81.8 Å². The maximum Gasteiger partial charge on any atom is 0.374 e. The molecule has 0 aliphatic rings. The van der Waals surface area contributed by atoms with Gasteiger partial charge in [-0.25, -0.2) is 4.79 Å². The quantitative estimate of drug-likeness (QED) is 0.910. The normalized spacial score (nSPS) is 10.7. The van der Waals surface area contributed by atoms with E-state index in [9.17, 15) is 4.79 Å². The average Bonchev–Trinajstić information content (AvgIpc) is 2.89. The summed E-state index contributed by atoms with van der Waals surface area (Å²) in [5.41, 5.74) is 0.813. The highest BCUT2D eigenvalue weighted by atomic mass is 35.5. The van der Waals surface area contributed by atoms with E-state index in [0.717, 1.165) is 0 Å². The summed E-state index contributed by atoms with van der Waals surface area (Å²) >= 11 is 6.05. The fraction of sp³-hybridized carbons (Fsp3) is 0.286. The Morgan fingerprint density at radius 2 is 2.10 bits per heavy atom. The van der Waals surface area contributed by atoms with Crippen molar-refractivity contribution in [2.45, 2.75) is 20.0 Å². The van der Waals surface area contributed by atoms with E-state index < -0.39 is 5.97 Å². The summed E-state index contributed by atoms with van der Waals surface area (Å²) in [5, 5.41) is 13.1. The molecule has 0 aliphatic heterocycles. The van der Waals surface area contributed by atoms with Crippen LogP contribution in [0.3, 0.4) is 0 Å². The van der Waals surface area contributed by atoms with E-state index in [0.29, 0.717) is 27.8 Å². The van der Waals surface area contributed by atoms with Crippen LogP contribution in [0.4, 0.5) is 0 Å². The zero-order valence-corrected chi connectivity index (χ0v) is 12.5. The summed E-state index contributed by atoms with van der Waals surface area (Å²) in [7, 11) is 1.49. The molecule has 2 rings (SSSR count). The van der Waals surface area contributed by atoms with Crippen LogP contribution in [0.1, 0.15) is 24.4 Å². The van der Waals surface area contributed by atoms with Gasteiger partial charge in [0.05, 0.1) is 18.8 Å². The molecule has 1 heterocycles. The van der Waals surface area contributed by atoms with E-state index in [4.69, 9.17) is 30.7 Å². The Kier molecular flexibility index (Phi) is 4.37. The van der Waals surface area contributed by atoms with E-state index in [1.165, 1.54) is 13.2 Å². The van der Waals surface area contributed by atoms with Gasteiger partial charge >= 0.3 is 5.97 Å². The van der Waals surface area contributed by atoms with Crippen LogP contribution in [-0.2, 0) is 0 Å². The van der Waals surface area contributed by atoms with Gasteiger partial charge < -0.3 is 19.1 Å². The van der Waals surface area contributed by atoms with Gasteiger partial charge in [0.25, 0.3) is 0 Å². The van der Waals surface area contributed by atoms with Gasteiger partial charge in [-0.2, -0.15) is 0 Å². The number of hydrogen-bond donors (Lipinski definition) is 1. The summed E-state index contributed by atoms with van der Waals surface area (Å²) < 4.78 is 15.8. The van der Waals surface area contributed by atoms with Crippen LogP contribution in [0, 0.1) is 0 Å². The number of carbonyl (C=O) groups is 1. The van der Waals surface area contributed by atoms with E-state index in [1.807, 2.05) is 13.8 Å². The number of benzene rings is 1. The standard InChI is InChI=1S/C14H14ClNO5/c1-7(2)20-13-9(4-8(15)5-11(13)19-3)10-6-12(14(17)18)21-16-10/h4-7H,1-3H3,(H,17,18). The predicted molar refractivity (Wildman–Crippen MR) is 76.2 cm³/mol. The third-order valence-electron chi connectivity index (χ3n) is 2.59. The first-order chi connectivity index (χ1) is 9.92. The lowest BCUT2D eigenvalue weighted by molar-refractivity contribution is 0.0652. The van der Waals surface area contributed by atoms with Crippen molar-refractivity contribution in [3.05, 3.63) is 29.0 Å². The van der Waals surface area contributed by atoms with Crippen molar-refractivity contribution >= 4 is 17.6 Å². The largest absolute Gasteiger partial charge is 0.493 e. The molecule has 0 atom stereocenters. The zero-order chi connectivity index (χ0) is 15.6. The fourth-order valence-corrected chi connectivity index (χ4v) is 1.98. The van der Waals surface area contributed by atoms with Crippen LogP contribution >= 0.6 is 11.6 Å². The van der Waals surface area contributed by atoms with Crippen LogP contribution in [-0.4, -0.2) is 29.4 Å². The number of carboxylic acids is 1. The van der Waals surface area contributed by atoms with Crippen LogP contribution < -0.4 is 9.47 Å². The Labute approximate surface area is 126 Å². The van der Waals surface area contributed by atoms with Crippen LogP contribution in [0.25, 0.3) is 11.3 Å². The first-order valence-electron chi connectivity index (χ1n) is 6.17. The molecule has 0 spiro atoms. The number of ether oxygens (including phenoxy) is 2. The maximum absolute atomic E-state index is 10.9. The molecule has 0 saturated carbocycles. The Bertz CT molecular complexity index is 665. The highest BCUT2D eigenvalue weighted by Crippen LogP contribution is 2.41. The third-order valence-corrected chi connectivity index (χ3v) is 2.81. The third kappa shape index (κ3) is 3.28. The molecule has 0 aliphatic carbocycles. The molecule has 1 aromatic heterocycles. The molecule has 112 valence electrons. The van der Waals surface area contributed by atoms with Crippen molar-refractivity contribution in [1.29, 1.82) is 0 Å². The lowest BCUT2D eigenvalue weighted by Crippen LogP contribution is -2.08. The summed E-state index contributed by atoms with van der Waals surface area (Å²) in [5.74, 6) is -0.596. The molecule has 6 nitrogen and oxygen atoms in total. The van der Waals surface area contributed by atoms with E-state index >= 15 is 0 Å². The van der Waals surface area contributed by atoms with Gasteiger partial charge in [-0.05, 0) is 19.9 Å². The highest BCUT2D eigenvalue weighted by molar-refractivity contribution is 6.31. The van der Waals surface area contributed by atoms with Crippen molar-refractivity contribution in [2.75, 3.05) is 7.11 Å². The van der Waals surface area contributed by atoms with E-state index in [1.54, 1.807) is 12.1 Å². The molecule has 0 radical (unpaired) electrons. The number of aromatic nitrogens is 1. The SMILES string of the molecule is COc1cc(Cl)cc(-c2cc(C(=O)O)on2)c1OC(C)C. The molecule has 0 fully saturated rings. The Morgan fingerprint density at radius 3 is 2.62 bits per heavy atom. The number of hydrogen-bond acceptors (Lipinski definition) is 5. The second-order valence-corrected chi connectivity index (χ2v) is 4.97. The summed E-state index contributed by atoms with van der Waals surface area (Å²) in [4.78, 5) is 10.9. The second-order valence-electron chi connectivity index (χ2n) is 4.53. The average molecular weight is 312 g/mol. The van der Waals surface area contributed by atoms with Gasteiger partial charge in [-0.15, -0.1) is 0 Å². The van der Waals surface area contributed by atoms with Crippen LogP contribution in [0.15, 0.2) is 22.7 Å². The summed E-state index contributed by atoms with van der Waals surface area (Å²) in [6, 6.07) is 4.53. The number of halogens is 1. The fourth-order valence-electron chi connectivity index (χ4n) is 1.77. The van der Waals surface area contributed by atoms with Crippen LogP contribution in [0.5, 0.6) is 11.5 Å². The molecular formula is C14H14ClNO5. The first-order valence-corrected chi connectivity index (χ1v) is 6.54. The molecule has 7 heteroatoms. The van der Waals surface area contributed by atoms with Crippen molar-refractivity contribution in [2.24, 2.45) is 0 Å². The molecular weight excluding hydrogens is 298 g/mol. The molecule has 0 unspecified atom stereocenters. The number of carboxylic acid groups (broad SMARTS) is 1. The lowest BCUT2D eigenvalue weighted by Gasteiger charge is -2.16.